The molecule has 9 heteroatoms. The van der Waals surface area contributed by atoms with E-state index < -0.39 is 0 Å². The first kappa shape index (κ1) is 21.2. The number of ether oxygens (including phenoxy) is 1. The average Bonchev–Trinajstić information content (AvgIpc) is 3.48. The Bertz CT molecular complexity index is 1060. The van der Waals surface area contributed by atoms with Crippen LogP contribution in [0.4, 0.5) is 5.82 Å². The third kappa shape index (κ3) is 4.66. The molecule has 1 amide bonds. The largest absolute Gasteiger partial charge is 0.378 e. The van der Waals surface area contributed by atoms with Crippen LogP contribution in [0, 0.1) is 0 Å². The second-order valence-electron chi connectivity index (χ2n) is 8.47. The van der Waals surface area contributed by atoms with Gasteiger partial charge in [0.1, 0.15) is 12.0 Å². The van der Waals surface area contributed by atoms with Crippen LogP contribution in [-0.2, 0) is 18.4 Å². The van der Waals surface area contributed by atoms with E-state index in [1.54, 1.807) is 31.2 Å². The first-order chi connectivity index (χ1) is 14.9. The number of anilines is 1. The highest BCUT2D eigenvalue weighted by Gasteiger charge is 2.29. The average molecular weight is 424 g/mol. The molecule has 1 aliphatic rings. The van der Waals surface area contributed by atoms with Crippen molar-refractivity contribution >= 4 is 11.7 Å². The molecule has 3 aromatic rings. The molecule has 3 heterocycles. The molecule has 4 rings (SSSR count). The summed E-state index contributed by atoms with van der Waals surface area (Å²) in [5.74, 6) is 1.44. The summed E-state index contributed by atoms with van der Waals surface area (Å²) < 4.78 is 6.63. The molecule has 0 radical (unpaired) electrons. The summed E-state index contributed by atoms with van der Waals surface area (Å²) in [5.41, 5.74) is 4.42. The third-order valence-electron chi connectivity index (χ3n) is 5.89. The number of rotatable bonds is 7. The van der Waals surface area contributed by atoms with Crippen LogP contribution in [0.25, 0.3) is 0 Å². The Balaban J connectivity index is 1.40. The Morgan fingerprint density at radius 1 is 1.26 bits per heavy atom. The molecule has 1 saturated carbocycles. The number of nitrogens with zero attached hydrogens (tertiary/aromatic N) is 5. The maximum atomic E-state index is 12.6. The lowest BCUT2D eigenvalue weighted by molar-refractivity contribution is 0.101. The van der Waals surface area contributed by atoms with Crippen molar-refractivity contribution in [2.24, 2.45) is 7.05 Å². The molecule has 0 aliphatic heterocycles. The van der Waals surface area contributed by atoms with E-state index in [4.69, 9.17) is 4.74 Å². The summed E-state index contributed by atoms with van der Waals surface area (Å²) in [6, 6.07) is 5.79. The zero-order valence-electron chi connectivity index (χ0n) is 18.4. The first-order valence-corrected chi connectivity index (χ1v) is 10.6. The summed E-state index contributed by atoms with van der Waals surface area (Å²) in [6.07, 6.45) is 4.82. The summed E-state index contributed by atoms with van der Waals surface area (Å²) in [5, 5.41) is 14.5. The lowest BCUT2D eigenvalue weighted by atomic mass is 9.98. The maximum Gasteiger partial charge on any atom is 0.275 e. The number of carbonyl (C=O) groups excluding carboxylic acids is 1. The van der Waals surface area contributed by atoms with Crippen molar-refractivity contribution in [3.05, 3.63) is 53.0 Å². The molecule has 1 aliphatic carbocycles. The molecule has 3 aromatic heterocycles. The van der Waals surface area contributed by atoms with Gasteiger partial charge in [-0.1, -0.05) is 13.8 Å². The first-order valence-electron chi connectivity index (χ1n) is 10.6. The number of amides is 1. The van der Waals surface area contributed by atoms with Crippen molar-refractivity contribution in [1.82, 2.24) is 29.9 Å². The van der Waals surface area contributed by atoms with Crippen LogP contribution in [0.2, 0.25) is 0 Å². The minimum atomic E-state index is -0.248. The molecule has 0 unspecified atom stereocenters. The molecule has 0 saturated heterocycles. The van der Waals surface area contributed by atoms with Gasteiger partial charge in [0.2, 0.25) is 0 Å². The zero-order valence-corrected chi connectivity index (χ0v) is 18.4. The van der Waals surface area contributed by atoms with E-state index in [-0.39, 0.29) is 5.91 Å². The van der Waals surface area contributed by atoms with Gasteiger partial charge in [-0.2, -0.15) is 10.2 Å². The Labute approximate surface area is 181 Å². The van der Waals surface area contributed by atoms with Gasteiger partial charge in [-0.3, -0.25) is 14.6 Å². The molecule has 2 atom stereocenters. The van der Waals surface area contributed by atoms with Gasteiger partial charge in [-0.15, -0.1) is 0 Å². The van der Waals surface area contributed by atoms with Crippen LogP contribution in [0.1, 0.15) is 84.1 Å². The summed E-state index contributed by atoms with van der Waals surface area (Å²) in [4.78, 5) is 21.5. The van der Waals surface area contributed by atoms with E-state index in [1.165, 1.54) is 0 Å². The molecule has 0 aromatic carbocycles. The van der Waals surface area contributed by atoms with Crippen molar-refractivity contribution in [2.75, 3.05) is 12.4 Å². The summed E-state index contributed by atoms with van der Waals surface area (Å²) in [7, 11) is 3.34. The molecule has 2 N–H and O–H groups in total. The minimum absolute atomic E-state index is 0.248. The zero-order chi connectivity index (χ0) is 22.0. The quantitative estimate of drug-likeness (QED) is 0.602. The Hall–Kier alpha value is -3.07. The van der Waals surface area contributed by atoms with E-state index >= 15 is 0 Å². The van der Waals surface area contributed by atoms with Crippen LogP contribution in [0.3, 0.4) is 0 Å². The number of methoxy groups -OCH3 is 1. The fourth-order valence-corrected chi connectivity index (χ4v) is 4.21. The number of aromatic nitrogens is 6. The van der Waals surface area contributed by atoms with Gasteiger partial charge in [0.15, 0.2) is 5.82 Å². The fraction of sp³-hybridized carbons (Fsp3) is 0.500. The molecule has 1 fully saturated rings. The number of aromatic amines is 1. The number of aryl methyl sites for hydroxylation is 1. The van der Waals surface area contributed by atoms with Crippen molar-refractivity contribution < 1.29 is 9.53 Å². The Kier molecular flexibility index (Phi) is 6.13. The number of carbonyl (C=O) groups is 1. The SMILES string of the molecule is COCc1cc(C(=O)Nc2cc([C@@H]3CC[C@H](c4cc(C(C)C)ncn4)C3)[nH]n2)n(C)n1. The van der Waals surface area contributed by atoms with E-state index in [2.05, 4.69) is 50.5 Å². The van der Waals surface area contributed by atoms with Gasteiger partial charge in [0.25, 0.3) is 5.91 Å². The van der Waals surface area contributed by atoms with Crippen molar-refractivity contribution in [1.29, 1.82) is 0 Å². The number of H-pyrrole nitrogens is 1. The predicted molar refractivity (Wildman–Crippen MR) is 116 cm³/mol. The molecule has 31 heavy (non-hydrogen) atoms. The topological polar surface area (TPSA) is 111 Å². The molecule has 0 bridgehead atoms. The van der Waals surface area contributed by atoms with E-state index in [0.717, 1.165) is 36.3 Å². The number of hydrogen-bond acceptors (Lipinski definition) is 6. The highest BCUT2D eigenvalue weighted by Crippen LogP contribution is 2.43. The number of hydrogen-bond donors (Lipinski definition) is 2. The smallest absolute Gasteiger partial charge is 0.275 e. The molecule has 164 valence electrons. The fourth-order valence-electron chi connectivity index (χ4n) is 4.21. The standard InChI is InChI=1S/C22H29N7O2/c1-13(2)17-9-18(24-12-23-17)14-5-6-15(7-14)19-10-21(27-26-19)25-22(30)20-8-16(11-31-4)28-29(20)3/h8-10,12-15H,5-7,11H2,1-4H3,(H2,25,26,27,30)/t14-,15+/m0/s1. The molecular weight excluding hydrogens is 394 g/mol. The summed E-state index contributed by atoms with van der Waals surface area (Å²) in [6.45, 7) is 4.66. The van der Waals surface area contributed by atoms with E-state index in [9.17, 15) is 4.79 Å². The van der Waals surface area contributed by atoms with E-state index in [1.807, 2.05) is 6.07 Å². The van der Waals surface area contributed by atoms with Gasteiger partial charge in [-0.25, -0.2) is 9.97 Å². The Morgan fingerprint density at radius 2 is 2.06 bits per heavy atom. The van der Waals surface area contributed by atoms with Crippen LogP contribution in [-0.4, -0.2) is 43.0 Å². The molecular formula is C22H29N7O2. The summed E-state index contributed by atoms with van der Waals surface area (Å²) >= 11 is 0. The van der Waals surface area contributed by atoms with Gasteiger partial charge in [-0.05, 0) is 37.3 Å². The van der Waals surface area contributed by atoms with E-state index in [0.29, 0.717) is 41.6 Å². The van der Waals surface area contributed by atoms with Gasteiger partial charge in [0.05, 0.1) is 12.3 Å². The molecule has 0 spiro atoms. The highest BCUT2D eigenvalue weighted by molar-refractivity contribution is 6.02. The van der Waals surface area contributed by atoms with Crippen LogP contribution >= 0.6 is 0 Å². The normalized spacial score (nSPS) is 18.6. The Morgan fingerprint density at radius 3 is 2.84 bits per heavy atom. The van der Waals surface area contributed by atoms with Crippen LogP contribution in [0.5, 0.6) is 0 Å². The van der Waals surface area contributed by atoms with Gasteiger partial charge < -0.3 is 10.1 Å². The van der Waals surface area contributed by atoms with Gasteiger partial charge >= 0.3 is 0 Å². The van der Waals surface area contributed by atoms with Crippen molar-refractivity contribution in [3.8, 4) is 0 Å². The van der Waals surface area contributed by atoms with Crippen molar-refractivity contribution in [3.63, 3.8) is 0 Å². The lowest BCUT2D eigenvalue weighted by Crippen LogP contribution is -2.16. The van der Waals surface area contributed by atoms with Crippen LogP contribution in [0.15, 0.2) is 24.5 Å². The predicted octanol–water partition coefficient (Wildman–Crippen LogP) is 3.51. The maximum absolute atomic E-state index is 12.6. The minimum Gasteiger partial charge on any atom is -0.378 e. The lowest BCUT2D eigenvalue weighted by Gasteiger charge is -2.12. The third-order valence-corrected chi connectivity index (χ3v) is 5.89. The second-order valence-corrected chi connectivity index (χ2v) is 8.47. The van der Waals surface area contributed by atoms with Gasteiger partial charge in [0, 0.05) is 49.1 Å². The monoisotopic (exact) mass is 423 g/mol. The number of nitrogens with one attached hydrogen (secondary N) is 2. The second kappa shape index (κ2) is 8.97. The van der Waals surface area contributed by atoms with Crippen molar-refractivity contribution in [2.45, 2.75) is 57.5 Å². The molecule has 9 nitrogen and oxygen atoms in total. The van der Waals surface area contributed by atoms with Crippen LogP contribution < -0.4 is 5.32 Å². The highest BCUT2D eigenvalue weighted by atomic mass is 16.5.